The Kier molecular flexibility index (Phi) is 7.65. The maximum Gasteiger partial charge on any atom is 0.339 e. The van der Waals surface area contributed by atoms with Crippen LogP contribution < -0.4 is 14.8 Å². The molecule has 3 aromatic carbocycles. The summed E-state index contributed by atoms with van der Waals surface area (Å²) in [7, 11) is 0. The average Bonchev–Trinajstić information content (AvgIpc) is 3.21. The SMILES string of the molecule is Cc1noc(C)c1COc1cccc(C(=O)O[C@H](C)C(=O)Nc2ccc(Oc3ccccc3)cc2)c1. The number of anilines is 1. The van der Waals surface area contributed by atoms with Crippen molar-refractivity contribution >= 4 is 17.6 Å². The molecule has 0 fully saturated rings. The molecule has 8 nitrogen and oxygen atoms in total. The van der Waals surface area contributed by atoms with E-state index in [4.69, 9.17) is 18.7 Å². The van der Waals surface area contributed by atoms with Crippen LogP contribution in [0.3, 0.4) is 0 Å². The van der Waals surface area contributed by atoms with Crippen molar-refractivity contribution in [1.82, 2.24) is 5.16 Å². The first-order valence-electron chi connectivity index (χ1n) is 11.4. The van der Waals surface area contributed by atoms with Gasteiger partial charge >= 0.3 is 5.97 Å². The first kappa shape index (κ1) is 24.5. The van der Waals surface area contributed by atoms with Crippen LogP contribution in [0.4, 0.5) is 5.69 Å². The Morgan fingerprint density at radius 1 is 0.917 bits per heavy atom. The van der Waals surface area contributed by atoms with E-state index in [-0.39, 0.29) is 12.2 Å². The molecule has 1 N–H and O–H groups in total. The van der Waals surface area contributed by atoms with Gasteiger partial charge in [-0.1, -0.05) is 29.4 Å². The smallest absolute Gasteiger partial charge is 0.339 e. The van der Waals surface area contributed by atoms with Crippen LogP contribution in [0.5, 0.6) is 17.2 Å². The highest BCUT2D eigenvalue weighted by Gasteiger charge is 2.20. The molecule has 1 amide bonds. The quantitative estimate of drug-likeness (QED) is 0.296. The topological polar surface area (TPSA) is 99.9 Å². The molecule has 0 radical (unpaired) electrons. The zero-order chi connectivity index (χ0) is 25.5. The zero-order valence-corrected chi connectivity index (χ0v) is 20.2. The van der Waals surface area contributed by atoms with Gasteiger partial charge < -0.3 is 24.1 Å². The number of aromatic nitrogens is 1. The molecule has 0 saturated carbocycles. The third-order valence-electron chi connectivity index (χ3n) is 5.39. The second kappa shape index (κ2) is 11.2. The highest BCUT2D eigenvalue weighted by molar-refractivity contribution is 5.97. The molecule has 4 rings (SSSR count). The van der Waals surface area contributed by atoms with E-state index >= 15 is 0 Å². The minimum absolute atomic E-state index is 0.258. The van der Waals surface area contributed by atoms with Crippen molar-refractivity contribution in [1.29, 1.82) is 0 Å². The summed E-state index contributed by atoms with van der Waals surface area (Å²) in [6, 6.07) is 22.9. The number of aryl methyl sites for hydroxylation is 2. The summed E-state index contributed by atoms with van der Waals surface area (Å²) in [6.07, 6.45) is -1.01. The summed E-state index contributed by atoms with van der Waals surface area (Å²) in [5, 5.41) is 6.64. The van der Waals surface area contributed by atoms with Gasteiger partial charge in [-0.3, -0.25) is 4.79 Å². The van der Waals surface area contributed by atoms with E-state index in [0.717, 1.165) is 11.3 Å². The van der Waals surface area contributed by atoms with Crippen LogP contribution in [0, 0.1) is 13.8 Å². The lowest BCUT2D eigenvalue weighted by atomic mass is 10.2. The average molecular weight is 487 g/mol. The van der Waals surface area contributed by atoms with Crippen LogP contribution in [0.25, 0.3) is 0 Å². The van der Waals surface area contributed by atoms with Crippen molar-refractivity contribution in [2.45, 2.75) is 33.5 Å². The van der Waals surface area contributed by atoms with Gasteiger partial charge in [0.1, 0.15) is 29.6 Å². The Labute approximate surface area is 208 Å². The number of nitrogens with one attached hydrogen (secondary N) is 1. The van der Waals surface area contributed by atoms with Crippen molar-refractivity contribution in [2.75, 3.05) is 5.32 Å². The summed E-state index contributed by atoms with van der Waals surface area (Å²) in [4.78, 5) is 25.2. The number of hydrogen-bond donors (Lipinski definition) is 1. The monoisotopic (exact) mass is 486 g/mol. The van der Waals surface area contributed by atoms with Gasteiger partial charge in [0.2, 0.25) is 0 Å². The van der Waals surface area contributed by atoms with E-state index < -0.39 is 18.0 Å². The molecule has 4 aromatic rings. The number of esters is 1. The molecule has 184 valence electrons. The summed E-state index contributed by atoms with van der Waals surface area (Å²) in [5.41, 5.74) is 2.43. The molecule has 1 heterocycles. The van der Waals surface area contributed by atoms with Gasteiger partial charge in [0.25, 0.3) is 5.91 Å². The van der Waals surface area contributed by atoms with Crippen LogP contribution in [0.15, 0.2) is 83.4 Å². The van der Waals surface area contributed by atoms with Crippen molar-refractivity contribution in [2.24, 2.45) is 0 Å². The van der Waals surface area contributed by atoms with Gasteiger partial charge in [-0.05, 0) is 75.4 Å². The van der Waals surface area contributed by atoms with Gasteiger partial charge in [-0.2, -0.15) is 0 Å². The number of nitrogens with zero attached hydrogens (tertiary/aromatic N) is 1. The highest BCUT2D eigenvalue weighted by Crippen LogP contribution is 2.23. The van der Waals surface area contributed by atoms with Gasteiger partial charge in [0, 0.05) is 5.69 Å². The van der Waals surface area contributed by atoms with E-state index in [2.05, 4.69) is 10.5 Å². The number of ether oxygens (including phenoxy) is 3. The molecule has 0 unspecified atom stereocenters. The van der Waals surface area contributed by atoms with Crippen LogP contribution in [0.1, 0.15) is 34.3 Å². The Balaban J connectivity index is 1.30. The normalized spacial score (nSPS) is 11.4. The number of hydrogen-bond acceptors (Lipinski definition) is 7. The first-order valence-corrected chi connectivity index (χ1v) is 11.4. The highest BCUT2D eigenvalue weighted by atomic mass is 16.5. The van der Waals surface area contributed by atoms with E-state index in [1.807, 2.05) is 44.2 Å². The van der Waals surface area contributed by atoms with Gasteiger partial charge in [0.05, 0.1) is 16.8 Å². The van der Waals surface area contributed by atoms with Crippen LogP contribution >= 0.6 is 0 Å². The Morgan fingerprint density at radius 3 is 2.31 bits per heavy atom. The Hall–Kier alpha value is -4.59. The number of rotatable bonds is 9. The van der Waals surface area contributed by atoms with Crippen molar-refractivity contribution in [3.8, 4) is 17.2 Å². The minimum atomic E-state index is -1.01. The number of amides is 1. The van der Waals surface area contributed by atoms with Crippen LogP contribution in [-0.4, -0.2) is 23.1 Å². The fourth-order valence-corrected chi connectivity index (χ4v) is 3.33. The standard InChI is InChI=1S/C28H26N2O6/c1-18-26(19(2)36-30-18)17-33-25-11-7-8-21(16-25)28(32)34-20(3)27(31)29-22-12-14-24(15-13-22)35-23-9-5-4-6-10-23/h4-16,20H,17H2,1-3H3,(H,29,31)/t20-/m1/s1. The second-order valence-electron chi connectivity index (χ2n) is 8.10. The second-order valence-corrected chi connectivity index (χ2v) is 8.10. The maximum absolute atomic E-state index is 12.6. The zero-order valence-electron chi connectivity index (χ0n) is 20.2. The maximum atomic E-state index is 12.6. The molecule has 8 heteroatoms. The van der Waals surface area contributed by atoms with Gasteiger partial charge in [0.15, 0.2) is 6.10 Å². The molecular formula is C28H26N2O6. The van der Waals surface area contributed by atoms with Crippen molar-refractivity contribution in [3.63, 3.8) is 0 Å². The molecule has 0 bridgehead atoms. The molecule has 0 aliphatic heterocycles. The molecule has 1 atom stereocenters. The third kappa shape index (κ3) is 6.29. The molecule has 1 aromatic heterocycles. The molecule has 0 saturated heterocycles. The van der Waals surface area contributed by atoms with E-state index in [0.29, 0.717) is 28.7 Å². The van der Waals surface area contributed by atoms with Crippen LogP contribution in [0.2, 0.25) is 0 Å². The Bertz CT molecular complexity index is 1310. The van der Waals surface area contributed by atoms with E-state index in [1.54, 1.807) is 48.5 Å². The number of benzene rings is 3. The predicted octanol–water partition coefficient (Wildman–Crippen LogP) is 5.85. The van der Waals surface area contributed by atoms with Gasteiger partial charge in [-0.25, -0.2) is 4.79 Å². The fraction of sp³-hybridized carbons (Fsp3) is 0.179. The number of para-hydroxylation sites is 1. The van der Waals surface area contributed by atoms with Crippen molar-refractivity contribution < 1.29 is 28.3 Å². The summed E-state index contributed by atoms with van der Waals surface area (Å²) >= 11 is 0. The largest absolute Gasteiger partial charge is 0.489 e. The lowest BCUT2D eigenvalue weighted by molar-refractivity contribution is -0.123. The van der Waals surface area contributed by atoms with Crippen molar-refractivity contribution in [3.05, 3.63) is 101 Å². The summed E-state index contributed by atoms with van der Waals surface area (Å²) in [6.45, 7) is 5.42. The lowest BCUT2D eigenvalue weighted by Gasteiger charge is -2.14. The molecule has 0 aliphatic rings. The molecule has 0 aliphatic carbocycles. The predicted molar refractivity (Wildman–Crippen MR) is 133 cm³/mol. The number of carbonyl (C=O) groups excluding carboxylic acids is 2. The molecule has 0 spiro atoms. The molecule has 36 heavy (non-hydrogen) atoms. The summed E-state index contributed by atoms with van der Waals surface area (Å²) in [5.74, 6) is 1.43. The molecular weight excluding hydrogens is 460 g/mol. The van der Waals surface area contributed by atoms with E-state index in [9.17, 15) is 9.59 Å². The van der Waals surface area contributed by atoms with Gasteiger partial charge in [-0.15, -0.1) is 0 Å². The number of carbonyl (C=O) groups is 2. The first-order chi connectivity index (χ1) is 17.4. The minimum Gasteiger partial charge on any atom is -0.489 e. The lowest BCUT2D eigenvalue weighted by Crippen LogP contribution is -2.30. The van der Waals surface area contributed by atoms with Crippen LogP contribution in [-0.2, 0) is 16.1 Å². The fourth-order valence-electron chi connectivity index (χ4n) is 3.33. The van der Waals surface area contributed by atoms with E-state index in [1.165, 1.54) is 6.92 Å². The third-order valence-corrected chi connectivity index (χ3v) is 5.39. The Morgan fingerprint density at radius 2 is 1.61 bits per heavy atom. The summed E-state index contributed by atoms with van der Waals surface area (Å²) < 4.78 is 22.0.